The van der Waals surface area contributed by atoms with Crippen LogP contribution in [0.2, 0.25) is 15.2 Å². The predicted molar refractivity (Wildman–Crippen MR) is 110 cm³/mol. The Hall–Kier alpha value is -1.69. The van der Waals surface area contributed by atoms with Crippen molar-refractivity contribution in [1.29, 1.82) is 0 Å². The summed E-state index contributed by atoms with van der Waals surface area (Å²) >= 11 is 18.0. The summed E-state index contributed by atoms with van der Waals surface area (Å²) in [6.45, 7) is 1.86. The SMILES string of the molecule is Oc1c(Cl)cc(Cl)cc1CC[C@H]1CCCN(c2nc3nc(Cl)ccc3[nH]2)C1. The minimum Gasteiger partial charge on any atom is -0.506 e. The standard InChI is InChI=1S/C19H19Cl3N4O/c20-13-8-12(17(27)14(21)9-13)4-3-11-2-1-7-26(10-11)19-23-15-5-6-16(22)24-18(15)25-19/h5-6,8-9,11,27H,1-4,7,10H2,(H,23,24,25)/t11-/m1/s1. The van der Waals surface area contributed by atoms with E-state index in [2.05, 4.69) is 19.9 Å². The van der Waals surface area contributed by atoms with Gasteiger partial charge < -0.3 is 15.0 Å². The van der Waals surface area contributed by atoms with Crippen LogP contribution in [0.25, 0.3) is 11.2 Å². The Labute approximate surface area is 172 Å². The quantitative estimate of drug-likeness (QED) is 0.544. The van der Waals surface area contributed by atoms with Gasteiger partial charge >= 0.3 is 0 Å². The molecule has 142 valence electrons. The number of imidazole rings is 1. The Kier molecular flexibility index (Phi) is 5.35. The highest BCUT2D eigenvalue weighted by Gasteiger charge is 2.23. The van der Waals surface area contributed by atoms with Gasteiger partial charge in [-0.15, -0.1) is 0 Å². The number of aryl methyl sites for hydroxylation is 1. The molecule has 5 nitrogen and oxygen atoms in total. The number of nitrogens with zero attached hydrogens (tertiary/aromatic N) is 3. The number of phenolic OH excluding ortho intramolecular Hbond substituents is 1. The maximum atomic E-state index is 10.2. The Balaban J connectivity index is 1.45. The average Bonchev–Trinajstić information content (AvgIpc) is 3.07. The molecule has 1 fully saturated rings. The van der Waals surface area contributed by atoms with Crippen LogP contribution in [0.1, 0.15) is 24.8 Å². The maximum Gasteiger partial charge on any atom is 0.205 e. The summed E-state index contributed by atoms with van der Waals surface area (Å²) < 4.78 is 0. The van der Waals surface area contributed by atoms with Crippen molar-refractivity contribution < 1.29 is 5.11 Å². The van der Waals surface area contributed by atoms with Gasteiger partial charge in [-0.05, 0) is 61.4 Å². The normalized spacial score (nSPS) is 17.6. The van der Waals surface area contributed by atoms with Crippen molar-refractivity contribution in [3.63, 3.8) is 0 Å². The third-order valence-electron chi connectivity index (χ3n) is 5.05. The number of benzene rings is 1. The second kappa shape index (κ2) is 7.74. The van der Waals surface area contributed by atoms with Gasteiger partial charge in [0.2, 0.25) is 5.95 Å². The molecule has 0 amide bonds. The van der Waals surface area contributed by atoms with Crippen molar-refractivity contribution in [3.8, 4) is 5.75 Å². The van der Waals surface area contributed by atoms with Crippen molar-refractivity contribution in [2.24, 2.45) is 5.92 Å². The van der Waals surface area contributed by atoms with E-state index in [1.165, 1.54) is 0 Å². The molecular weight excluding hydrogens is 407 g/mol. The second-order valence-electron chi connectivity index (χ2n) is 6.95. The number of rotatable bonds is 4. The summed E-state index contributed by atoms with van der Waals surface area (Å²) in [6.07, 6.45) is 3.93. The van der Waals surface area contributed by atoms with Crippen LogP contribution in [0.4, 0.5) is 5.95 Å². The smallest absolute Gasteiger partial charge is 0.205 e. The number of piperidine rings is 1. The second-order valence-corrected chi connectivity index (χ2v) is 8.18. The van der Waals surface area contributed by atoms with Crippen LogP contribution in [0.5, 0.6) is 5.75 Å². The summed E-state index contributed by atoms with van der Waals surface area (Å²) in [5.74, 6) is 1.47. The number of anilines is 1. The fraction of sp³-hybridized carbons (Fsp3) is 0.368. The number of hydrogen-bond acceptors (Lipinski definition) is 4. The number of aromatic nitrogens is 3. The first-order valence-electron chi connectivity index (χ1n) is 8.93. The lowest BCUT2D eigenvalue weighted by molar-refractivity contribution is 0.385. The average molecular weight is 426 g/mol. The van der Waals surface area contributed by atoms with Crippen LogP contribution in [0.15, 0.2) is 24.3 Å². The van der Waals surface area contributed by atoms with E-state index in [1.54, 1.807) is 18.2 Å². The number of phenols is 1. The summed E-state index contributed by atoms with van der Waals surface area (Å²) in [4.78, 5) is 14.4. The van der Waals surface area contributed by atoms with E-state index < -0.39 is 0 Å². The molecule has 3 heterocycles. The van der Waals surface area contributed by atoms with Crippen LogP contribution in [0, 0.1) is 5.92 Å². The van der Waals surface area contributed by atoms with Gasteiger partial charge in [0.05, 0.1) is 10.5 Å². The molecule has 0 saturated carbocycles. The zero-order valence-corrected chi connectivity index (χ0v) is 16.8. The monoisotopic (exact) mass is 424 g/mol. The molecule has 0 bridgehead atoms. The number of H-pyrrole nitrogens is 1. The fourth-order valence-electron chi connectivity index (χ4n) is 3.67. The highest BCUT2D eigenvalue weighted by Crippen LogP contribution is 2.33. The van der Waals surface area contributed by atoms with Gasteiger partial charge in [0.1, 0.15) is 10.9 Å². The fourth-order valence-corrected chi connectivity index (χ4v) is 4.35. The molecule has 2 aromatic heterocycles. The molecular formula is C19H19Cl3N4O. The van der Waals surface area contributed by atoms with Crippen molar-refractivity contribution in [1.82, 2.24) is 15.0 Å². The van der Waals surface area contributed by atoms with E-state index in [4.69, 9.17) is 34.8 Å². The molecule has 0 aliphatic carbocycles. The van der Waals surface area contributed by atoms with Crippen LogP contribution < -0.4 is 4.90 Å². The van der Waals surface area contributed by atoms with Gasteiger partial charge in [-0.3, -0.25) is 0 Å². The molecule has 3 aromatic rings. The minimum atomic E-state index is 0.133. The van der Waals surface area contributed by atoms with Gasteiger partial charge in [0, 0.05) is 18.1 Å². The first-order chi connectivity index (χ1) is 13.0. The van der Waals surface area contributed by atoms with Crippen molar-refractivity contribution in [2.45, 2.75) is 25.7 Å². The highest BCUT2D eigenvalue weighted by atomic mass is 35.5. The number of aromatic hydroxyl groups is 1. The van der Waals surface area contributed by atoms with Crippen LogP contribution in [-0.2, 0) is 6.42 Å². The van der Waals surface area contributed by atoms with E-state index >= 15 is 0 Å². The van der Waals surface area contributed by atoms with E-state index in [1.807, 2.05) is 6.07 Å². The van der Waals surface area contributed by atoms with E-state index in [9.17, 15) is 5.11 Å². The number of halogens is 3. The van der Waals surface area contributed by atoms with E-state index in [0.29, 0.717) is 26.8 Å². The van der Waals surface area contributed by atoms with Gasteiger partial charge in [-0.1, -0.05) is 34.8 Å². The third-order valence-corrected chi connectivity index (χ3v) is 5.76. The Morgan fingerprint density at radius 2 is 2.04 bits per heavy atom. The maximum absolute atomic E-state index is 10.2. The molecule has 1 saturated heterocycles. The molecule has 1 atom stereocenters. The summed E-state index contributed by atoms with van der Waals surface area (Å²) in [6, 6.07) is 7.01. The summed E-state index contributed by atoms with van der Waals surface area (Å²) in [7, 11) is 0. The number of hydrogen-bond donors (Lipinski definition) is 2. The van der Waals surface area contributed by atoms with Gasteiger partial charge in [-0.25, -0.2) is 4.98 Å². The zero-order chi connectivity index (χ0) is 19.0. The van der Waals surface area contributed by atoms with Gasteiger partial charge in [0.25, 0.3) is 0 Å². The van der Waals surface area contributed by atoms with Crippen LogP contribution >= 0.6 is 34.8 Å². The van der Waals surface area contributed by atoms with E-state index in [0.717, 1.165) is 55.8 Å². The molecule has 4 rings (SSSR count). The molecule has 1 aliphatic rings. The topological polar surface area (TPSA) is 65.0 Å². The molecule has 1 aromatic carbocycles. The number of fused-ring (bicyclic) bond motifs is 1. The first kappa shape index (κ1) is 18.7. The van der Waals surface area contributed by atoms with Crippen molar-refractivity contribution in [3.05, 3.63) is 45.0 Å². The van der Waals surface area contributed by atoms with Gasteiger partial charge in [0.15, 0.2) is 5.65 Å². The molecule has 0 radical (unpaired) electrons. The zero-order valence-electron chi connectivity index (χ0n) is 14.6. The lowest BCUT2D eigenvalue weighted by atomic mass is 9.91. The lowest BCUT2D eigenvalue weighted by Gasteiger charge is -2.32. The lowest BCUT2D eigenvalue weighted by Crippen LogP contribution is -2.36. The van der Waals surface area contributed by atoms with Crippen molar-refractivity contribution >= 4 is 51.9 Å². The molecule has 27 heavy (non-hydrogen) atoms. The Bertz CT molecular complexity index is 975. The molecule has 0 spiro atoms. The number of pyridine rings is 1. The summed E-state index contributed by atoms with van der Waals surface area (Å²) in [5.41, 5.74) is 2.32. The Morgan fingerprint density at radius 1 is 1.19 bits per heavy atom. The molecule has 1 aliphatic heterocycles. The number of aromatic amines is 1. The number of nitrogens with one attached hydrogen (secondary N) is 1. The molecule has 0 unspecified atom stereocenters. The first-order valence-corrected chi connectivity index (χ1v) is 10.1. The van der Waals surface area contributed by atoms with Crippen LogP contribution in [-0.4, -0.2) is 33.1 Å². The molecule has 2 N–H and O–H groups in total. The molecule has 8 heteroatoms. The van der Waals surface area contributed by atoms with Crippen LogP contribution in [0.3, 0.4) is 0 Å². The predicted octanol–water partition coefficient (Wildman–Crippen LogP) is 5.47. The minimum absolute atomic E-state index is 0.133. The highest BCUT2D eigenvalue weighted by molar-refractivity contribution is 6.35. The largest absolute Gasteiger partial charge is 0.506 e. The van der Waals surface area contributed by atoms with Crippen molar-refractivity contribution in [2.75, 3.05) is 18.0 Å². The van der Waals surface area contributed by atoms with Gasteiger partial charge in [-0.2, -0.15) is 4.98 Å². The third kappa shape index (κ3) is 4.10. The van der Waals surface area contributed by atoms with E-state index in [-0.39, 0.29) is 5.75 Å². The summed E-state index contributed by atoms with van der Waals surface area (Å²) in [5, 5.41) is 11.4. The Morgan fingerprint density at radius 3 is 2.89 bits per heavy atom.